The van der Waals surface area contributed by atoms with E-state index in [0.717, 1.165) is 19.3 Å². The summed E-state index contributed by atoms with van der Waals surface area (Å²) in [6, 6.07) is 0. The average molecular weight is 322 g/mol. The highest BCUT2D eigenvalue weighted by Gasteiger charge is 2.40. The van der Waals surface area contributed by atoms with Crippen molar-refractivity contribution in [3.8, 4) is 0 Å². The lowest BCUT2D eigenvalue weighted by Crippen LogP contribution is -2.58. The van der Waals surface area contributed by atoms with Crippen molar-refractivity contribution < 1.29 is 13.2 Å². The minimum Gasteiger partial charge on any atom is -0.392 e. The lowest BCUT2D eigenvalue weighted by molar-refractivity contribution is 0.199. The van der Waals surface area contributed by atoms with E-state index in [9.17, 15) is 8.42 Å². The molecule has 0 aromatic carbocycles. The maximum Gasteiger partial charge on any atom is 0.212 e. The van der Waals surface area contributed by atoms with Gasteiger partial charge < -0.3 is 10.5 Å². The summed E-state index contributed by atoms with van der Waals surface area (Å²) in [6.45, 7) is 2.59. The molecule has 0 amide bonds. The van der Waals surface area contributed by atoms with E-state index in [4.69, 9.17) is 22.7 Å². The summed E-state index contributed by atoms with van der Waals surface area (Å²) < 4.78 is 32.0. The molecule has 7 heteroatoms. The van der Waals surface area contributed by atoms with Crippen LogP contribution in [0.15, 0.2) is 0 Å². The maximum atomic E-state index is 12.2. The Labute approximate surface area is 127 Å². The fourth-order valence-corrected chi connectivity index (χ4v) is 4.55. The molecule has 1 aliphatic carbocycles. The van der Waals surface area contributed by atoms with Gasteiger partial charge >= 0.3 is 0 Å². The zero-order valence-corrected chi connectivity index (χ0v) is 14.0. The predicted molar refractivity (Wildman–Crippen MR) is 85.2 cm³/mol. The summed E-state index contributed by atoms with van der Waals surface area (Å²) in [4.78, 5) is 0.266. The van der Waals surface area contributed by atoms with Gasteiger partial charge in [0, 0.05) is 13.7 Å². The number of methoxy groups -OCH3 is 1. The standard InChI is InChI=1S/C13H26N2O3S2/c1-3-11-5-7-13(8-6-11,12(14)19)15-20(16,17)10-4-9-18-2/h11,15H,3-10H2,1-2H3,(H2,14,19). The van der Waals surface area contributed by atoms with Crippen molar-refractivity contribution in [2.75, 3.05) is 19.5 Å². The summed E-state index contributed by atoms with van der Waals surface area (Å²) in [5.74, 6) is 0.693. The predicted octanol–water partition coefficient (Wildman–Crippen LogP) is 1.57. The Balaban J connectivity index is 2.70. The Morgan fingerprint density at radius 3 is 2.50 bits per heavy atom. The van der Waals surface area contributed by atoms with E-state index >= 15 is 0 Å². The molecule has 0 atom stereocenters. The van der Waals surface area contributed by atoms with E-state index in [1.165, 1.54) is 0 Å². The van der Waals surface area contributed by atoms with Crippen LogP contribution in [-0.2, 0) is 14.8 Å². The van der Waals surface area contributed by atoms with Gasteiger partial charge in [0.05, 0.1) is 16.3 Å². The number of hydrogen-bond acceptors (Lipinski definition) is 4. The van der Waals surface area contributed by atoms with Crippen LogP contribution in [0.5, 0.6) is 0 Å². The Morgan fingerprint density at radius 1 is 1.45 bits per heavy atom. The van der Waals surface area contributed by atoms with Crippen LogP contribution in [0.1, 0.15) is 45.4 Å². The monoisotopic (exact) mass is 322 g/mol. The molecule has 20 heavy (non-hydrogen) atoms. The van der Waals surface area contributed by atoms with Crippen molar-refractivity contribution in [1.82, 2.24) is 4.72 Å². The average Bonchev–Trinajstić information content (AvgIpc) is 2.39. The van der Waals surface area contributed by atoms with Crippen LogP contribution in [-0.4, -0.2) is 38.4 Å². The number of sulfonamides is 1. The fraction of sp³-hybridized carbons (Fsp3) is 0.923. The van der Waals surface area contributed by atoms with Crippen molar-refractivity contribution in [3.63, 3.8) is 0 Å². The molecule has 0 aliphatic heterocycles. The maximum absolute atomic E-state index is 12.2. The molecular weight excluding hydrogens is 296 g/mol. The summed E-state index contributed by atoms with van der Waals surface area (Å²) in [6.07, 6.45) is 4.92. The number of rotatable bonds is 8. The third-order valence-electron chi connectivity index (χ3n) is 4.12. The number of hydrogen-bond donors (Lipinski definition) is 2. The van der Waals surface area contributed by atoms with Gasteiger partial charge in [-0.2, -0.15) is 0 Å². The van der Waals surface area contributed by atoms with E-state index in [0.29, 0.717) is 31.8 Å². The smallest absolute Gasteiger partial charge is 0.212 e. The third kappa shape index (κ3) is 4.95. The zero-order valence-electron chi connectivity index (χ0n) is 12.4. The molecule has 0 bridgehead atoms. The summed E-state index contributed by atoms with van der Waals surface area (Å²) in [5.41, 5.74) is 5.10. The molecule has 0 aromatic rings. The van der Waals surface area contributed by atoms with Gasteiger partial charge in [0.2, 0.25) is 10.0 Å². The molecule has 1 aliphatic rings. The van der Waals surface area contributed by atoms with Crippen molar-refractivity contribution in [1.29, 1.82) is 0 Å². The Bertz CT molecular complexity index is 415. The number of thiocarbonyl (C=S) groups is 1. The molecule has 0 saturated heterocycles. The molecule has 0 heterocycles. The molecule has 118 valence electrons. The highest BCUT2D eigenvalue weighted by molar-refractivity contribution is 7.89. The van der Waals surface area contributed by atoms with Crippen LogP contribution in [0.25, 0.3) is 0 Å². The quantitative estimate of drug-likeness (QED) is 0.524. The van der Waals surface area contributed by atoms with Gasteiger partial charge in [-0.3, -0.25) is 0 Å². The lowest BCUT2D eigenvalue weighted by atomic mass is 9.76. The van der Waals surface area contributed by atoms with Crippen LogP contribution in [0.4, 0.5) is 0 Å². The van der Waals surface area contributed by atoms with E-state index in [1.54, 1.807) is 7.11 Å². The lowest BCUT2D eigenvalue weighted by Gasteiger charge is -2.39. The van der Waals surface area contributed by atoms with E-state index in [2.05, 4.69) is 11.6 Å². The van der Waals surface area contributed by atoms with E-state index < -0.39 is 15.6 Å². The molecule has 0 radical (unpaired) electrons. The van der Waals surface area contributed by atoms with Gasteiger partial charge in [-0.25, -0.2) is 13.1 Å². The van der Waals surface area contributed by atoms with Gasteiger partial charge in [0.25, 0.3) is 0 Å². The summed E-state index contributed by atoms with van der Waals surface area (Å²) in [7, 11) is -1.82. The minimum absolute atomic E-state index is 0.0441. The number of nitrogens with one attached hydrogen (secondary N) is 1. The van der Waals surface area contributed by atoms with Crippen LogP contribution >= 0.6 is 12.2 Å². The molecule has 5 nitrogen and oxygen atoms in total. The summed E-state index contributed by atoms with van der Waals surface area (Å²) >= 11 is 5.13. The van der Waals surface area contributed by atoms with Gasteiger partial charge in [-0.1, -0.05) is 25.6 Å². The second-order valence-corrected chi connectivity index (χ2v) is 7.85. The molecule has 1 fully saturated rings. The number of nitrogens with two attached hydrogens (primary N) is 1. The van der Waals surface area contributed by atoms with Crippen LogP contribution in [0.3, 0.4) is 0 Å². The molecule has 3 N–H and O–H groups in total. The first-order valence-electron chi connectivity index (χ1n) is 7.15. The molecular formula is C13H26N2O3S2. The highest BCUT2D eigenvalue weighted by Crippen LogP contribution is 2.34. The molecule has 0 aromatic heterocycles. The molecule has 1 rings (SSSR count). The fourth-order valence-electron chi connectivity index (χ4n) is 2.72. The Morgan fingerprint density at radius 2 is 2.05 bits per heavy atom. The van der Waals surface area contributed by atoms with Crippen LogP contribution in [0, 0.1) is 5.92 Å². The van der Waals surface area contributed by atoms with Crippen molar-refractivity contribution >= 4 is 27.2 Å². The Hall–Kier alpha value is -0.240. The minimum atomic E-state index is -3.38. The first-order valence-corrected chi connectivity index (χ1v) is 9.22. The van der Waals surface area contributed by atoms with Crippen molar-refractivity contribution in [2.45, 2.75) is 51.0 Å². The van der Waals surface area contributed by atoms with Gasteiger partial charge in [-0.05, 0) is 38.0 Å². The summed E-state index contributed by atoms with van der Waals surface area (Å²) in [5, 5.41) is 0. The van der Waals surface area contributed by atoms with Gasteiger partial charge in [0.15, 0.2) is 0 Å². The highest BCUT2D eigenvalue weighted by atomic mass is 32.2. The van der Waals surface area contributed by atoms with Crippen molar-refractivity contribution in [2.24, 2.45) is 11.7 Å². The normalized spacial score (nSPS) is 27.4. The Kier molecular flexibility index (Phi) is 6.84. The SMILES string of the molecule is CCC1CCC(NS(=O)(=O)CCCOC)(C(N)=S)CC1. The van der Waals surface area contributed by atoms with Crippen LogP contribution < -0.4 is 10.5 Å². The van der Waals surface area contributed by atoms with E-state index in [-0.39, 0.29) is 10.7 Å². The van der Waals surface area contributed by atoms with E-state index in [1.807, 2.05) is 0 Å². The number of ether oxygens (including phenoxy) is 1. The second kappa shape index (κ2) is 7.68. The van der Waals surface area contributed by atoms with Gasteiger partial charge in [-0.15, -0.1) is 0 Å². The molecule has 0 spiro atoms. The van der Waals surface area contributed by atoms with Gasteiger partial charge in [0.1, 0.15) is 0 Å². The van der Waals surface area contributed by atoms with Crippen LogP contribution in [0.2, 0.25) is 0 Å². The third-order valence-corrected chi connectivity index (χ3v) is 6.04. The first kappa shape index (κ1) is 17.8. The van der Waals surface area contributed by atoms with Crippen molar-refractivity contribution in [3.05, 3.63) is 0 Å². The first-order chi connectivity index (χ1) is 9.35. The molecule has 0 unspecified atom stereocenters. The second-order valence-electron chi connectivity index (χ2n) is 5.57. The topological polar surface area (TPSA) is 81.4 Å². The molecule has 1 saturated carbocycles. The zero-order chi connectivity index (χ0) is 15.2. The largest absolute Gasteiger partial charge is 0.392 e.